The maximum atomic E-state index is 12.6. The van der Waals surface area contributed by atoms with Gasteiger partial charge < -0.3 is 20.3 Å². The monoisotopic (exact) mass is 428 g/mol. The number of aromatic carboxylic acids is 1. The van der Waals surface area contributed by atoms with E-state index in [0.29, 0.717) is 17.3 Å². The first-order valence-corrected chi connectivity index (χ1v) is 9.36. The number of hydrogen-bond acceptors (Lipinski definition) is 7. The molecular weight excluding hydrogens is 412 g/mol. The maximum Gasteiger partial charge on any atom is 0.337 e. The summed E-state index contributed by atoms with van der Waals surface area (Å²) in [5.41, 5.74) is 0.477. The predicted molar refractivity (Wildman–Crippen MR) is 109 cm³/mol. The number of nitrogens with one attached hydrogen (secondary N) is 1. The topological polar surface area (TPSA) is 133 Å². The van der Waals surface area contributed by atoms with E-state index in [2.05, 4.69) is 5.32 Å². The van der Waals surface area contributed by atoms with Gasteiger partial charge in [-0.25, -0.2) is 4.79 Å². The van der Waals surface area contributed by atoms with Gasteiger partial charge in [0.2, 0.25) is 5.91 Å². The smallest absolute Gasteiger partial charge is 0.337 e. The van der Waals surface area contributed by atoms with Gasteiger partial charge in [0.1, 0.15) is 6.54 Å². The van der Waals surface area contributed by atoms with E-state index in [-0.39, 0.29) is 27.7 Å². The van der Waals surface area contributed by atoms with Crippen LogP contribution < -0.4 is 10.1 Å². The van der Waals surface area contributed by atoms with Gasteiger partial charge in [0.15, 0.2) is 11.5 Å². The number of thioether (sulfide) groups is 1. The van der Waals surface area contributed by atoms with E-state index in [1.54, 1.807) is 12.1 Å². The Morgan fingerprint density at radius 3 is 2.63 bits per heavy atom. The van der Waals surface area contributed by atoms with E-state index in [4.69, 9.17) is 4.74 Å². The number of para-hydroxylation sites is 1. The second-order valence-electron chi connectivity index (χ2n) is 6.10. The number of phenols is 1. The molecule has 1 heterocycles. The number of ether oxygens (including phenoxy) is 1. The van der Waals surface area contributed by atoms with Crippen LogP contribution in [0.25, 0.3) is 6.08 Å². The molecule has 3 amide bonds. The van der Waals surface area contributed by atoms with Gasteiger partial charge in [-0.3, -0.25) is 19.3 Å². The van der Waals surface area contributed by atoms with Gasteiger partial charge in [-0.05, 0) is 47.7 Å². The number of rotatable bonds is 6. The number of imide groups is 1. The lowest BCUT2D eigenvalue weighted by atomic mass is 10.2. The quantitative estimate of drug-likeness (QED) is 0.598. The molecule has 3 N–H and O–H groups in total. The molecule has 10 heteroatoms. The number of carbonyl (C=O) groups is 4. The van der Waals surface area contributed by atoms with Crippen LogP contribution in [0, 0.1) is 0 Å². The average Bonchev–Trinajstić information content (AvgIpc) is 2.97. The minimum absolute atomic E-state index is 0.0636. The normalized spacial score (nSPS) is 14.8. The largest absolute Gasteiger partial charge is 0.504 e. The predicted octanol–water partition coefficient (Wildman–Crippen LogP) is 2.77. The van der Waals surface area contributed by atoms with Crippen LogP contribution in [0.4, 0.5) is 10.5 Å². The first-order valence-electron chi connectivity index (χ1n) is 8.54. The number of amides is 3. The summed E-state index contributed by atoms with van der Waals surface area (Å²) >= 11 is 0.672. The number of methoxy groups -OCH3 is 1. The summed E-state index contributed by atoms with van der Waals surface area (Å²) in [6.07, 6.45) is 1.45. The molecule has 1 aliphatic rings. The van der Waals surface area contributed by atoms with Gasteiger partial charge in [0.25, 0.3) is 11.1 Å². The molecule has 1 aliphatic heterocycles. The molecule has 0 saturated carbocycles. The standard InChI is InChI=1S/C20H16N2O7S/c1-29-15-8-11(6-7-14(15)23)9-16-18(25)22(20(28)30-16)10-17(24)21-13-5-3-2-4-12(13)19(26)27/h2-9,23H,10H2,1H3,(H,21,24)(H,26,27)/b16-9-. The molecule has 0 unspecified atom stereocenters. The molecule has 3 rings (SSSR count). The van der Waals surface area contributed by atoms with E-state index in [1.165, 1.54) is 43.5 Å². The number of carboxylic acid groups (broad SMARTS) is 1. The lowest BCUT2D eigenvalue weighted by Gasteiger charge is -2.13. The molecule has 2 aromatic rings. The van der Waals surface area contributed by atoms with Crippen LogP contribution in [-0.2, 0) is 9.59 Å². The van der Waals surface area contributed by atoms with Crippen LogP contribution in [-0.4, -0.2) is 51.8 Å². The molecule has 2 aromatic carbocycles. The van der Waals surface area contributed by atoms with Gasteiger partial charge in [0.05, 0.1) is 23.3 Å². The highest BCUT2D eigenvalue weighted by Crippen LogP contribution is 2.34. The summed E-state index contributed by atoms with van der Waals surface area (Å²) < 4.78 is 5.01. The van der Waals surface area contributed by atoms with Crippen molar-refractivity contribution >= 4 is 46.5 Å². The van der Waals surface area contributed by atoms with Crippen LogP contribution in [0.3, 0.4) is 0 Å². The van der Waals surface area contributed by atoms with E-state index < -0.39 is 29.6 Å². The van der Waals surface area contributed by atoms with Crippen LogP contribution in [0.1, 0.15) is 15.9 Å². The zero-order valence-corrected chi connectivity index (χ0v) is 16.4. The Balaban J connectivity index is 1.74. The second kappa shape index (κ2) is 8.70. The zero-order chi connectivity index (χ0) is 21.8. The van der Waals surface area contributed by atoms with Crippen molar-refractivity contribution < 1.29 is 34.1 Å². The van der Waals surface area contributed by atoms with Crippen molar-refractivity contribution in [3.63, 3.8) is 0 Å². The molecule has 30 heavy (non-hydrogen) atoms. The van der Waals surface area contributed by atoms with Crippen molar-refractivity contribution in [3.8, 4) is 11.5 Å². The number of nitrogens with zero attached hydrogens (tertiary/aromatic N) is 1. The Morgan fingerprint density at radius 2 is 1.93 bits per heavy atom. The van der Waals surface area contributed by atoms with Crippen LogP contribution in [0.15, 0.2) is 47.4 Å². The van der Waals surface area contributed by atoms with Gasteiger partial charge >= 0.3 is 5.97 Å². The van der Waals surface area contributed by atoms with E-state index in [0.717, 1.165) is 4.90 Å². The van der Waals surface area contributed by atoms with Crippen LogP contribution >= 0.6 is 11.8 Å². The van der Waals surface area contributed by atoms with E-state index in [9.17, 15) is 29.4 Å². The SMILES string of the molecule is COc1cc(/C=C2\SC(=O)N(CC(=O)Nc3ccccc3C(=O)O)C2=O)ccc1O. The highest BCUT2D eigenvalue weighted by molar-refractivity contribution is 8.18. The summed E-state index contributed by atoms with van der Waals surface area (Å²) in [4.78, 5) is 49.2. The minimum Gasteiger partial charge on any atom is -0.504 e. The molecule has 0 aliphatic carbocycles. The number of phenolic OH excluding ortho intramolecular Hbond substituents is 1. The molecule has 0 aromatic heterocycles. The minimum atomic E-state index is -1.22. The van der Waals surface area contributed by atoms with Crippen molar-refractivity contribution in [1.82, 2.24) is 4.90 Å². The number of benzene rings is 2. The third-order valence-electron chi connectivity index (χ3n) is 4.11. The van der Waals surface area contributed by atoms with Crippen molar-refractivity contribution in [2.45, 2.75) is 0 Å². The lowest BCUT2D eigenvalue weighted by Crippen LogP contribution is -2.36. The van der Waals surface area contributed by atoms with Crippen LogP contribution in [0.5, 0.6) is 11.5 Å². The average molecular weight is 428 g/mol. The Morgan fingerprint density at radius 1 is 1.20 bits per heavy atom. The van der Waals surface area contributed by atoms with E-state index >= 15 is 0 Å². The van der Waals surface area contributed by atoms with Gasteiger partial charge in [-0.15, -0.1) is 0 Å². The molecular formula is C20H16N2O7S. The Kier molecular flexibility index (Phi) is 6.07. The number of carboxylic acids is 1. The molecule has 1 fully saturated rings. The highest BCUT2D eigenvalue weighted by atomic mass is 32.2. The third kappa shape index (κ3) is 4.44. The zero-order valence-electron chi connectivity index (χ0n) is 15.6. The Labute approximate surface area is 174 Å². The Bertz CT molecular complexity index is 1080. The summed E-state index contributed by atoms with van der Waals surface area (Å²) in [5.74, 6) is -2.44. The first kappa shape index (κ1) is 20.9. The molecule has 0 spiro atoms. The summed E-state index contributed by atoms with van der Waals surface area (Å²) in [5, 5.41) is 20.6. The van der Waals surface area contributed by atoms with Gasteiger partial charge in [-0.1, -0.05) is 18.2 Å². The summed E-state index contributed by atoms with van der Waals surface area (Å²) in [6.45, 7) is -0.561. The fourth-order valence-corrected chi connectivity index (χ4v) is 3.52. The van der Waals surface area contributed by atoms with Crippen molar-refractivity contribution in [1.29, 1.82) is 0 Å². The number of carbonyl (C=O) groups excluding carboxylic acids is 3. The summed E-state index contributed by atoms with van der Waals surface area (Å²) in [6, 6.07) is 10.2. The van der Waals surface area contributed by atoms with E-state index in [1.807, 2.05) is 0 Å². The second-order valence-corrected chi connectivity index (χ2v) is 7.09. The third-order valence-corrected chi connectivity index (χ3v) is 5.02. The number of anilines is 1. The first-order chi connectivity index (χ1) is 14.3. The molecule has 0 radical (unpaired) electrons. The summed E-state index contributed by atoms with van der Waals surface area (Å²) in [7, 11) is 1.38. The Hall–Kier alpha value is -3.79. The fourth-order valence-electron chi connectivity index (χ4n) is 2.68. The highest BCUT2D eigenvalue weighted by Gasteiger charge is 2.36. The van der Waals surface area contributed by atoms with Crippen molar-refractivity contribution in [3.05, 3.63) is 58.5 Å². The van der Waals surface area contributed by atoms with Crippen LogP contribution in [0.2, 0.25) is 0 Å². The fraction of sp³-hybridized carbons (Fsp3) is 0.100. The molecule has 9 nitrogen and oxygen atoms in total. The molecule has 0 bridgehead atoms. The molecule has 154 valence electrons. The van der Waals surface area contributed by atoms with Crippen molar-refractivity contribution in [2.24, 2.45) is 0 Å². The number of aromatic hydroxyl groups is 1. The number of hydrogen-bond donors (Lipinski definition) is 3. The van der Waals surface area contributed by atoms with Gasteiger partial charge in [0, 0.05) is 0 Å². The molecule has 1 saturated heterocycles. The maximum absolute atomic E-state index is 12.6. The molecule has 0 atom stereocenters. The lowest BCUT2D eigenvalue weighted by molar-refractivity contribution is -0.127. The van der Waals surface area contributed by atoms with Crippen molar-refractivity contribution in [2.75, 3.05) is 19.0 Å². The van der Waals surface area contributed by atoms with Gasteiger partial charge in [-0.2, -0.15) is 0 Å².